The summed E-state index contributed by atoms with van der Waals surface area (Å²) in [4.78, 5) is 2.18. The van der Waals surface area contributed by atoms with Gasteiger partial charge in [0.2, 0.25) is 0 Å². The maximum atomic E-state index is 5.51. The average Bonchev–Trinajstić information content (AvgIpc) is 2.78. The Morgan fingerprint density at radius 2 is 2.25 bits per heavy atom. The van der Waals surface area contributed by atoms with E-state index in [2.05, 4.69) is 34.1 Å². The monoisotopic (exact) mass is 280 g/mol. The van der Waals surface area contributed by atoms with Gasteiger partial charge in [-0.05, 0) is 33.5 Å². The van der Waals surface area contributed by atoms with Gasteiger partial charge >= 0.3 is 0 Å². The van der Waals surface area contributed by atoms with Crippen molar-refractivity contribution in [1.29, 1.82) is 0 Å². The second-order valence-corrected chi connectivity index (χ2v) is 6.00. The molecule has 0 saturated heterocycles. The molecule has 0 aromatic carbocycles. The molecule has 1 N–H and O–H groups in total. The molecule has 0 bridgehead atoms. The molecule has 5 heteroatoms. The molecular formula is C15H28N4O. The van der Waals surface area contributed by atoms with Gasteiger partial charge < -0.3 is 15.0 Å². The summed E-state index contributed by atoms with van der Waals surface area (Å²) in [5.41, 5.74) is 1.20. The fourth-order valence-electron chi connectivity index (χ4n) is 2.79. The van der Waals surface area contributed by atoms with Crippen LogP contribution in [-0.4, -0.2) is 49.5 Å². The highest BCUT2D eigenvalue weighted by atomic mass is 16.5. The Morgan fingerprint density at radius 3 is 2.75 bits per heavy atom. The van der Waals surface area contributed by atoms with Crippen molar-refractivity contribution in [2.45, 2.75) is 38.3 Å². The largest absolute Gasteiger partial charge is 0.493 e. The van der Waals surface area contributed by atoms with Crippen molar-refractivity contribution < 1.29 is 4.74 Å². The predicted molar refractivity (Wildman–Crippen MR) is 81.1 cm³/mol. The van der Waals surface area contributed by atoms with Crippen LogP contribution in [-0.2, 0) is 6.54 Å². The number of aromatic nitrogens is 2. The van der Waals surface area contributed by atoms with Gasteiger partial charge in [0.25, 0.3) is 0 Å². The van der Waals surface area contributed by atoms with E-state index >= 15 is 0 Å². The normalized spacial score (nSPS) is 17.2. The van der Waals surface area contributed by atoms with Gasteiger partial charge in [-0.3, -0.25) is 4.68 Å². The third-order valence-corrected chi connectivity index (χ3v) is 4.30. The smallest absolute Gasteiger partial charge is 0.161 e. The minimum atomic E-state index is 0.333. The van der Waals surface area contributed by atoms with Crippen molar-refractivity contribution in [1.82, 2.24) is 20.0 Å². The maximum absolute atomic E-state index is 5.51. The van der Waals surface area contributed by atoms with E-state index in [0.29, 0.717) is 6.04 Å². The van der Waals surface area contributed by atoms with Crippen molar-refractivity contribution in [2.75, 3.05) is 34.8 Å². The van der Waals surface area contributed by atoms with Crippen LogP contribution in [0.3, 0.4) is 0 Å². The number of nitrogens with one attached hydrogen (secondary N) is 1. The Balaban J connectivity index is 2.13. The third kappa shape index (κ3) is 3.52. The first-order valence-corrected chi connectivity index (χ1v) is 7.57. The molecule has 114 valence electrons. The van der Waals surface area contributed by atoms with E-state index in [-0.39, 0.29) is 0 Å². The van der Waals surface area contributed by atoms with Gasteiger partial charge in [0.15, 0.2) is 5.75 Å². The Kier molecular flexibility index (Phi) is 5.43. The van der Waals surface area contributed by atoms with Crippen molar-refractivity contribution in [2.24, 2.45) is 5.92 Å². The van der Waals surface area contributed by atoms with E-state index in [1.807, 2.05) is 13.2 Å². The molecule has 0 amide bonds. The Bertz CT molecular complexity index is 412. The number of methoxy groups -OCH3 is 1. The summed E-state index contributed by atoms with van der Waals surface area (Å²) in [5, 5.41) is 7.96. The molecule has 20 heavy (non-hydrogen) atoms. The molecule has 0 spiro atoms. The lowest BCUT2D eigenvalue weighted by Crippen LogP contribution is -2.27. The highest BCUT2D eigenvalue weighted by molar-refractivity contribution is 5.28. The fraction of sp³-hybridized carbons (Fsp3) is 0.800. The van der Waals surface area contributed by atoms with E-state index in [4.69, 9.17) is 4.74 Å². The summed E-state index contributed by atoms with van der Waals surface area (Å²) in [6, 6.07) is 0.333. The molecular weight excluding hydrogens is 252 g/mol. The van der Waals surface area contributed by atoms with Crippen LogP contribution in [0.2, 0.25) is 0 Å². The first-order chi connectivity index (χ1) is 9.65. The van der Waals surface area contributed by atoms with Gasteiger partial charge in [0.1, 0.15) is 0 Å². The maximum Gasteiger partial charge on any atom is 0.161 e. The number of nitrogens with zero attached hydrogens (tertiary/aromatic N) is 3. The number of hydrogen-bond donors (Lipinski definition) is 1. The second kappa shape index (κ2) is 7.09. The van der Waals surface area contributed by atoms with E-state index in [9.17, 15) is 0 Å². The molecule has 1 aromatic heterocycles. The summed E-state index contributed by atoms with van der Waals surface area (Å²) in [5.74, 6) is 1.76. The van der Waals surface area contributed by atoms with Crippen molar-refractivity contribution in [3.8, 4) is 5.75 Å². The quantitative estimate of drug-likeness (QED) is 0.790. The second-order valence-electron chi connectivity index (χ2n) is 6.00. The van der Waals surface area contributed by atoms with Crippen LogP contribution in [0.25, 0.3) is 0 Å². The van der Waals surface area contributed by atoms with Crippen LogP contribution in [0, 0.1) is 5.92 Å². The van der Waals surface area contributed by atoms with E-state index in [1.165, 1.54) is 31.4 Å². The van der Waals surface area contributed by atoms with Crippen molar-refractivity contribution in [3.63, 3.8) is 0 Å². The minimum Gasteiger partial charge on any atom is -0.493 e. The zero-order valence-corrected chi connectivity index (χ0v) is 13.2. The van der Waals surface area contributed by atoms with Gasteiger partial charge in [0.05, 0.1) is 31.6 Å². The first-order valence-electron chi connectivity index (χ1n) is 7.57. The van der Waals surface area contributed by atoms with Gasteiger partial charge in [-0.15, -0.1) is 0 Å². The number of rotatable bonds is 8. The third-order valence-electron chi connectivity index (χ3n) is 4.30. The summed E-state index contributed by atoms with van der Waals surface area (Å²) >= 11 is 0. The molecule has 1 atom stereocenters. The molecule has 1 aliphatic rings. The predicted octanol–water partition coefficient (Wildman–Crippen LogP) is 1.90. The molecule has 1 heterocycles. The summed E-state index contributed by atoms with van der Waals surface area (Å²) < 4.78 is 7.61. The van der Waals surface area contributed by atoms with Crippen LogP contribution < -0.4 is 10.1 Å². The molecule has 1 saturated carbocycles. The van der Waals surface area contributed by atoms with Crippen LogP contribution in [0.1, 0.15) is 37.4 Å². The summed E-state index contributed by atoms with van der Waals surface area (Å²) in [7, 11) is 7.94. The lowest BCUT2D eigenvalue weighted by atomic mass is 9.80. The first kappa shape index (κ1) is 15.3. The minimum absolute atomic E-state index is 0.333. The number of ether oxygens (including phenoxy) is 1. The van der Waals surface area contributed by atoms with E-state index in [1.54, 1.807) is 7.11 Å². The molecule has 5 nitrogen and oxygen atoms in total. The Labute approximate surface area is 122 Å². The van der Waals surface area contributed by atoms with Gasteiger partial charge in [-0.1, -0.05) is 19.3 Å². The molecule has 1 unspecified atom stereocenters. The van der Waals surface area contributed by atoms with E-state index in [0.717, 1.165) is 24.8 Å². The van der Waals surface area contributed by atoms with Gasteiger partial charge in [-0.25, -0.2) is 0 Å². The number of hydrogen-bond acceptors (Lipinski definition) is 4. The zero-order valence-electron chi connectivity index (χ0n) is 13.2. The van der Waals surface area contributed by atoms with Crippen molar-refractivity contribution in [3.05, 3.63) is 11.9 Å². The highest BCUT2D eigenvalue weighted by Gasteiger charge is 2.26. The van der Waals surface area contributed by atoms with Crippen LogP contribution in [0.5, 0.6) is 5.75 Å². The summed E-state index contributed by atoms with van der Waals surface area (Å²) in [6.07, 6.45) is 7.15. The van der Waals surface area contributed by atoms with E-state index < -0.39 is 0 Å². The Hall–Kier alpha value is -1.07. The SMILES string of the molecule is CNC(CC1CCC1)c1c(OC)cnn1CCN(C)C. The summed E-state index contributed by atoms with van der Waals surface area (Å²) in [6.45, 7) is 1.88. The topological polar surface area (TPSA) is 42.3 Å². The molecule has 0 aliphatic heterocycles. The van der Waals surface area contributed by atoms with Crippen LogP contribution >= 0.6 is 0 Å². The highest BCUT2D eigenvalue weighted by Crippen LogP contribution is 2.37. The number of likely N-dealkylation sites (N-methyl/N-ethyl adjacent to an activating group) is 1. The Morgan fingerprint density at radius 1 is 1.50 bits per heavy atom. The molecule has 0 radical (unpaired) electrons. The molecule has 2 rings (SSSR count). The van der Waals surface area contributed by atoms with Gasteiger partial charge in [0, 0.05) is 6.54 Å². The van der Waals surface area contributed by atoms with Crippen LogP contribution in [0.15, 0.2) is 6.20 Å². The molecule has 1 fully saturated rings. The van der Waals surface area contributed by atoms with Crippen molar-refractivity contribution >= 4 is 0 Å². The van der Waals surface area contributed by atoms with Gasteiger partial charge in [-0.2, -0.15) is 5.10 Å². The fourth-order valence-corrected chi connectivity index (χ4v) is 2.79. The molecule has 1 aliphatic carbocycles. The standard InChI is InChI=1S/C15H28N4O/c1-16-13(10-12-6-5-7-12)15-14(20-4)11-17-19(15)9-8-18(2)3/h11-13,16H,5-10H2,1-4H3. The lowest BCUT2D eigenvalue weighted by molar-refractivity contribution is 0.256. The average molecular weight is 280 g/mol. The van der Waals surface area contributed by atoms with Crippen LogP contribution in [0.4, 0.5) is 0 Å². The zero-order chi connectivity index (χ0) is 14.5. The lowest BCUT2D eigenvalue weighted by Gasteiger charge is -2.30. The molecule has 1 aromatic rings.